The van der Waals surface area contributed by atoms with Crippen LogP contribution in [0.2, 0.25) is 0 Å². The van der Waals surface area contributed by atoms with E-state index in [4.69, 9.17) is 5.11 Å². The lowest BCUT2D eigenvalue weighted by Crippen LogP contribution is -2.31. The summed E-state index contributed by atoms with van der Waals surface area (Å²) in [5.41, 5.74) is -1.41. The van der Waals surface area contributed by atoms with Crippen LogP contribution in [-0.2, 0) is 10.4 Å². The van der Waals surface area contributed by atoms with Gasteiger partial charge in [0.05, 0.1) is 0 Å². The van der Waals surface area contributed by atoms with Crippen LogP contribution in [0.15, 0.2) is 29.2 Å². The van der Waals surface area contributed by atoms with Gasteiger partial charge in [-0.15, -0.1) is 11.8 Å². The van der Waals surface area contributed by atoms with E-state index in [1.54, 1.807) is 23.9 Å². The van der Waals surface area contributed by atoms with Gasteiger partial charge in [-0.25, -0.2) is 4.79 Å². The third-order valence-electron chi connectivity index (χ3n) is 2.14. The highest BCUT2D eigenvalue weighted by Crippen LogP contribution is 2.24. The van der Waals surface area contributed by atoms with Gasteiger partial charge in [0.15, 0.2) is 5.60 Å². The Morgan fingerprint density at radius 3 is 2.33 bits per heavy atom. The van der Waals surface area contributed by atoms with Crippen LogP contribution in [-0.4, -0.2) is 21.9 Å². The van der Waals surface area contributed by atoms with Gasteiger partial charge in [-0.3, -0.25) is 0 Å². The van der Waals surface area contributed by atoms with Crippen molar-refractivity contribution in [3.63, 3.8) is 0 Å². The predicted octanol–water partition coefficient (Wildman–Crippen LogP) is 2.09. The lowest BCUT2D eigenvalue weighted by molar-refractivity contribution is -0.157. The molecule has 1 unspecified atom stereocenters. The van der Waals surface area contributed by atoms with Crippen molar-refractivity contribution in [2.75, 3.05) is 5.75 Å². The summed E-state index contributed by atoms with van der Waals surface area (Å²) in [7, 11) is 0. The quantitative estimate of drug-likeness (QED) is 0.772. The molecule has 0 aliphatic rings. The van der Waals surface area contributed by atoms with Crippen LogP contribution in [0, 0.1) is 0 Å². The van der Waals surface area contributed by atoms with Gasteiger partial charge >= 0.3 is 5.97 Å². The molecule has 0 bridgehead atoms. The van der Waals surface area contributed by atoms with Gasteiger partial charge < -0.3 is 10.2 Å². The average Bonchev–Trinajstić information content (AvgIpc) is 2.19. The number of hydrogen-bond donors (Lipinski definition) is 2. The van der Waals surface area contributed by atoms with E-state index in [2.05, 4.69) is 0 Å². The van der Waals surface area contributed by atoms with Crippen molar-refractivity contribution >= 4 is 17.7 Å². The van der Waals surface area contributed by atoms with Crippen LogP contribution >= 0.6 is 11.8 Å². The molecule has 4 heteroatoms. The van der Waals surface area contributed by atoms with Gasteiger partial charge in [-0.1, -0.05) is 19.1 Å². The average molecular weight is 226 g/mol. The zero-order valence-electron chi connectivity index (χ0n) is 8.73. The molecule has 15 heavy (non-hydrogen) atoms. The summed E-state index contributed by atoms with van der Waals surface area (Å²) in [4.78, 5) is 11.8. The third kappa shape index (κ3) is 2.73. The zero-order valence-corrected chi connectivity index (χ0v) is 9.54. The van der Waals surface area contributed by atoms with E-state index in [9.17, 15) is 9.90 Å². The first-order valence-electron chi connectivity index (χ1n) is 4.67. The summed E-state index contributed by atoms with van der Waals surface area (Å²) in [6, 6.07) is 6.93. The molecule has 0 amide bonds. The topological polar surface area (TPSA) is 57.5 Å². The summed E-state index contributed by atoms with van der Waals surface area (Å²) >= 11 is 1.67. The van der Waals surface area contributed by atoms with E-state index in [1.165, 1.54) is 6.92 Å². The van der Waals surface area contributed by atoms with Crippen LogP contribution in [0.5, 0.6) is 0 Å². The van der Waals surface area contributed by atoms with Gasteiger partial charge in [0.1, 0.15) is 0 Å². The van der Waals surface area contributed by atoms with Crippen LogP contribution in [0.3, 0.4) is 0 Å². The molecular formula is C11H14O3S. The normalized spacial score (nSPS) is 14.6. The number of aliphatic carboxylic acids is 1. The number of carbonyl (C=O) groups is 1. The molecular weight excluding hydrogens is 212 g/mol. The van der Waals surface area contributed by atoms with Crippen molar-refractivity contribution in [1.82, 2.24) is 0 Å². The van der Waals surface area contributed by atoms with Gasteiger partial charge in [0, 0.05) is 4.90 Å². The number of hydrogen-bond acceptors (Lipinski definition) is 3. The Kier molecular flexibility index (Phi) is 3.77. The SMILES string of the molecule is CCSc1ccc(C(C)(O)C(=O)O)cc1. The van der Waals surface area contributed by atoms with Gasteiger partial charge in [-0.05, 0) is 30.4 Å². The molecule has 0 heterocycles. The minimum absolute atomic E-state index is 0.399. The van der Waals surface area contributed by atoms with E-state index in [0.29, 0.717) is 5.56 Å². The molecule has 3 nitrogen and oxygen atoms in total. The van der Waals surface area contributed by atoms with Crippen molar-refractivity contribution in [2.45, 2.75) is 24.3 Å². The fourth-order valence-electron chi connectivity index (χ4n) is 1.17. The van der Waals surface area contributed by atoms with E-state index in [-0.39, 0.29) is 0 Å². The number of thioether (sulfide) groups is 1. The molecule has 1 rings (SSSR count). The molecule has 1 atom stereocenters. The maximum Gasteiger partial charge on any atom is 0.340 e. The summed E-state index contributed by atoms with van der Waals surface area (Å²) in [5.74, 6) is -0.271. The monoisotopic (exact) mass is 226 g/mol. The molecule has 2 N–H and O–H groups in total. The lowest BCUT2D eigenvalue weighted by atomic mass is 9.97. The van der Waals surface area contributed by atoms with Crippen molar-refractivity contribution in [1.29, 1.82) is 0 Å². The Morgan fingerprint density at radius 2 is 1.93 bits per heavy atom. The van der Waals surface area contributed by atoms with Crippen LogP contribution in [0.4, 0.5) is 0 Å². The largest absolute Gasteiger partial charge is 0.479 e. The molecule has 0 aliphatic carbocycles. The molecule has 0 aliphatic heterocycles. The van der Waals surface area contributed by atoms with E-state index >= 15 is 0 Å². The molecule has 82 valence electrons. The molecule has 0 spiro atoms. The Morgan fingerprint density at radius 1 is 1.40 bits per heavy atom. The van der Waals surface area contributed by atoms with Crippen LogP contribution in [0.25, 0.3) is 0 Å². The van der Waals surface area contributed by atoms with E-state index < -0.39 is 11.6 Å². The molecule has 1 aromatic rings. The second-order valence-electron chi connectivity index (χ2n) is 3.33. The maximum atomic E-state index is 10.8. The number of aliphatic hydroxyl groups is 1. The zero-order chi connectivity index (χ0) is 11.5. The van der Waals surface area contributed by atoms with Crippen LogP contribution < -0.4 is 0 Å². The van der Waals surface area contributed by atoms with Crippen molar-refractivity contribution in [2.24, 2.45) is 0 Å². The standard InChI is InChI=1S/C11H14O3S/c1-3-15-9-6-4-8(5-7-9)11(2,14)10(12)13/h4-7,14H,3H2,1-2H3,(H,12,13). The first-order chi connectivity index (χ1) is 6.98. The first-order valence-corrected chi connectivity index (χ1v) is 5.66. The fourth-order valence-corrected chi connectivity index (χ4v) is 1.83. The van der Waals surface area contributed by atoms with Crippen molar-refractivity contribution in [3.05, 3.63) is 29.8 Å². The highest BCUT2D eigenvalue weighted by molar-refractivity contribution is 7.99. The Labute approximate surface area is 93.1 Å². The fraction of sp³-hybridized carbons (Fsp3) is 0.364. The molecule has 0 aromatic heterocycles. The lowest BCUT2D eigenvalue weighted by Gasteiger charge is -2.18. The van der Waals surface area contributed by atoms with E-state index in [1.807, 2.05) is 19.1 Å². The Balaban J connectivity index is 2.93. The van der Waals surface area contributed by atoms with E-state index in [0.717, 1.165) is 10.6 Å². The van der Waals surface area contributed by atoms with Gasteiger partial charge in [-0.2, -0.15) is 0 Å². The van der Waals surface area contributed by atoms with Crippen molar-refractivity contribution < 1.29 is 15.0 Å². The predicted molar refractivity (Wildman–Crippen MR) is 60.0 cm³/mol. The van der Waals surface area contributed by atoms with Gasteiger partial charge in [0.2, 0.25) is 0 Å². The minimum Gasteiger partial charge on any atom is -0.479 e. The summed E-state index contributed by atoms with van der Waals surface area (Å²) in [5, 5.41) is 18.5. The number of carboxylic acid groups (broad SMARTS) is 1. The summed E-state index contributed by atoms with van der Waals surface area (Å²) in [6.45, 7) is 3.32. The second-order valence-corrected chi connectivity index (χ2v) is 4.67. The Hall–Kier alpha value is -1.00. The minimum atomic E-state index is -1.81. The van der Waals surface area contributed by atoms with Gasteiger partial charge in [0.25, 0.3) is 0 Å². The second kappa shape index (κ2) is 4.68. The molecule has 0 fully saturated rings. The Bertz CT molecular complexity index is 343. The maximum absolute atomic E-state index is 10.8. The third-order valence-corrected chi connectivity index (χ3v) is 3.04. The summed E-state index contributed by atoms with van der Waals surface area (Å²) < 4.78 is 0. The summed E-state index contributed by atoms with van der Waals surface area (Å²) in [6.07, 6.45) is 0. The van der Waals surface area contributed by atoms with Crippen molar-refractivity contribution in [3.8, 4) is 0 Å². The number of carboxylic acids is 1. The highest BCUT2D eigenvalue weighted by atomic mass is 32.2. The molecule has 0 saturated carbocycles. The number of benzene rings is 1. The van der Waals surface area contributed by atoms with Crippen LogP contribution in [0.1, 0.15) is 19.4 Å². The number of rotatable bonds is 4. The highest BCUT2D eigenvalue weighted by Gasteiger charge is 2.31. The smallest absolute Gasteiger partial charge is 0.340 e. The molecule has 0 radical (unpaired) electrons. The molecule has 1 aromatic carbocycles. The first kappa shape index (κ1) is 12.1. The molecule has 0 saturated heterocycles.